The number of aryl methyl sites for hydroxylation is 1. The van der Waals surface area contributed by atoms with Gasteiger partial charge in [0.25, 0.3) is 5.56 Å². The first kappa shape index (κ1) is 16.6. The van der Waals surface area contributed by atoms with Crippen LogP contribution in [0.4, 0.5) is 0 Å². The monoisotopic (exact) mass is 372 g/mol. The van der Waals surface area contributed by atoms with Crippen LogP contribution in [0.5, 0.6) is 11.5 Å². The van der Waals surface area contributed by atoms with Crippen LogP contribution < -0.4 is 19.8 Å². The maximum Gasteiger partial charge on any atom is 0.252 e. The molecule has 3 aromatic rings. The predicted octanol–water partition coefficient (Wildman–Crippen LogP) is 2.04. The summed E-state index contributed by atoms with van der Waals surface area (Å²) in [5, 5.41) is 0.840. The Morgan fingerprint density at radius 2 is 1.88 bits per heavy atom. The third-order valence-corrected chi connectivity index (χ3v) is 5.58. The fraction of sp³-hybridized carbons (Fsp3) is 0.167. The van der Waals surface area contributed by atoms with E-state index in [9.17, 15) is 13.2 Å². The largest absolute Gasteiger partial charge is 0.454 e. The number of aromatic amines is 1. The van der Waals surface area contributed by atoms with Gasteiger partial charge in [-0.15, -0.1) is 0 Å². The fourth-order valence-electron chi connectivity index (χ4n) is 2.79. The summed E-state index contributed by atoms with van der Waals surface area (Å²) >= 11 is 0. The number of pyridine rings is 1. The van der Waals surface area contributed by atoms with Crippen molar-refractivity contribution in [1.82, 2.24) is 9.71 Å². The van der Waals surface area contributed by atoms with E-state index in [0.29, 0.717) is 17.1 Å². The Kier molecular flexibility index (Phi) is 3.93. The molecule has 0 bridgehead atoms. The molecule has 0 spiro atoms. The van der Waals surface area contributed by atoms with Crippen LogP contribution in [0.1, 0.15) is 11.1 Å². The minimum atomic E-state index is -3.80. The summed E-state index contributed by atoms with van der Waals surface area (Å²) in [6.45, 7) is 1.89. The Labute approximate surface area is 149 Å². The van der Waals surface area contributed by atoms with Gasteiger partial charge in [0.15, 0.2) is 11.5 Å². The van der Waals surface area contributed by atoms with E-state index in [2.05, 4.69) is 9.71 Å². The van der Waals surface area contributed by atoms with Gasteiger partial charge in [0.1, 0.15) is 0 Å². The van der Waals surface area contributed by atoms with Crippen molar-refractivity contribution in [2.24, 2.45) is 0 Å². The molecule has 134 valence electrons. The van der Waals surface area contributed by atoms with Gasteiger partial charge < -0.3 is 14.5 Å². The number of nitrogens with one attached hydrogen (secondary N) is 2. The van der Waals surface area contributed by atoms with E-state index in [-0.39, 0.29) is 23.8 Å². The van der Waals surface area contributed by atoms with Crippen LogP contribution in [0.3, 0.4) is 0 Å². The third-order valence-electron chi connectivity index (χ3n) is 4.19. The topological polar surface area (TPSA) is 97.5 Å². The smallest absolute Gasteiger partial charge is 0.252 e. The van der Waals surface area contributed by atoms with E-state index in [1.807, 2.05) is 25.1 Å². The van der Waals surface area contributed by atoms with E-state index in [1.54, 1.807) is 12.1 Å². The van der Waals surface area contributed by atoms with Gasteiger partial charge in [-0.25, -0.2) is 13.1 Å². The third kappa shape index (κ3) is 3.04. The molecule has 1 aliphatic rings. The van der Waals surface area contributed by atoms with Crippen molar-refractivity contribution in [2.75, 3.05) is 6.79 Å². The highest BCUT2D eigenvalue weighted by atomic mass is 32.2. The summed E-state index contributed by atoms with van der Waals surface area (Å²) in [4.78, 5) is 15.1. The highest BCUT2D eigenvalue weighted by Gasteiger charge is 2.20. The summed E-state index contributed by atoms with van der Waals surface area (Å²) in [5.74, 6) is 0.886. The lowest BCUT2D eigenvalue weighted by atomic mass is 10.1. The molecule has 2 aromatic carbocycles. The summed E-state index contributed by atoms with van der Waals surface area (Å²) in [7, 11) is -3.80. The normalized spacial score (nSPS) is 13.3. The van der Waals surface area contributed by atoms with E-state index in [4.69, 9.17) is 9.47 Å². The zero-order chi connectivity index (χ0) is 18.3. The van der Waals surface area contributed by atoms with Gasteiger partial charge in [0.2, 0.25) is 16.8 Å². The molecule has 1 aliphatic heterocycles. The van der Waals surface area contributed by atoms with E-state index >= 15 is 0 Å². The van der Waals surface area contributed by atoms with Gasteiger partial charge in [0, 0.05) is 23.7 Å². The standard InChI is InChI=1S/C18H16N2O5S/c1-11-2-3-12-7-13(18(21)20-15(12)6-11)9-19-26(22,23)14-4-5-16-17(8-14)25-10-24-16/h2-8,19H,9-10H2,1H3,(H,20,21). The number of hydrogen-bond donors (Lipinski definition) is 2. The zero-order valence-electron chi connectivity index (χ0n) is 13.9. The molecule has 0 radical (unpaired) electrons. The summed E-state index contributed by atoms with van der Waals surface area (Å²) in [6, 6.07) is 11.8. The molecule has 4 rings (SSSR count). The van der Waals surface area contributed by atoms with Crippen molar-refractivity contribution < 1.29 is 17.9 Å². The Morgan fingerprint density at radius 1 is 1.08 bits per heavy atom. The molecule has 1 aromatic heterocycles. The van der Waals surface area contributed by atoms with Crippen LogP contribution in [0.25, 0.3) is 10.9 Å². The number of fused-ring (bicyclic) bond motifs is 2. The van der Waals surface area contributed by atoms with Gasteiger partial charge in [-0.2, -0.15) is 0 Å². The number of sulfonamides is 1. The first-order chi connectivity index (χ1) is 12.4. The van der Waals surface area contributed by atoms with Crippen molar-refractivity contribution in [1.29, 1.82) is 0 Å². The number of ether oxygens (including phenoxy) is 2. The molecule has 0 saturated carbocycles. The lowest BCUT2D eigenvalue weighted by Crippen LogP contribution is -2.27. The van der Waals surface area contributed by atoms with Crippen LogP contribution in [0, 0.1) is 6.92 Å². The zero-order valence-corrected chi connectivity index (χ0v) is 14.7. The molecular formula is C18H16N2O5S. The van der Waals surface area contributed by atoms with Crippen LogP contribution >= 0.6 is 0 Å². The SMILES string of the molecule is Cc1ccc2cc(CNS(=O)(=O)c3ccc4c(c3)OCO4)c(=O)[nH]c2c1. The Balaban J connectivity index is 1.60. The van der Waals surface area contributed by atoms with Crippen molar-refractivity contribution in [2.45, 2.75) is 18.4 Å². The Hall–Kier alpha value is -2.84. The number of benzene rings is 2. The van der Waals surface area contributed by atoms with Crippen molar-refractivity contribution in [3.8, 4) is 11.5 Å². The van der Waals surface area contributed by atoms with Gasteiger partial charge in [-0.1, -0.05) is 12.1 Å². The molecular weight excluding hydrogens is 356 g/mol. The maximum absolute atomic E-state index is 12.5. The van der Waals surface area contributed by atoms with Crippen molar-refractivity contribution >= 4 is 20.9 Å². The van der Waals surface area contributed by atoms with Crippen LogP contribution in [0.2, 0.25) is 0 Å². The second-order valence-electron chi connectivity index (χ2n) is 6.05. The summed E-state index contributed by atoms with van der Waals surface area (Å²) in [6.07, 6.45) is 0. The molecule has 0 atom stereocenters. The van der Waals surface area contributed by atoms with Gasteiger partial charge >= 0.3 is 0 Å². The second-order valence-corrected chi connectivity index (χ2v) is 7.82. The molecule has 0 unspecified atom stereocenters. The molecule has 8 heteroatoms. The number of H-pyrrole nitrogens is 1. The predicted molar refractivity (Wildman–Crippen MR) is 95.9 cm³/mol. The average molecular weight is 372 g/mol. The quantitative estimate of drug-likeness (QED) is 0.730. The van der Waals surface area contributed by atoms with Gasteiger partial charge in [-0.05, 0) is 42.1 Å². The Morgan fingerprint density at radius 3 is 2.73 bits per heavy atom. The molecule has 2 heterocycles. The van der Waals surface area contributed by atoms with Crippen molar-refractivity contribution in [3.63, 3.8) is 0 Å². The maximum atomic E-state index is 12.5. The summed E-state index contributed by atoms with van der Waals surface area (Å²) < 4.78 is 37.8. The van der Waals surface area contributed by atoms with Crippen LogP contribution in [0.15, 0.2) is 52.2 Å². The first-order valence-electron chi connectivity index (χ1n) is 7.94. The minimum absolute atomic E-state index is 0.0505. The fourth-order valence-corrected chi connectivity index (χ4v) is 3.81. The molecule has 0 saturated heterocycles. The summed E-state index contributed by atoms with van der Waals surface area (Å²) in [5.41, 5.74) is 1.77. The first-order valence-corrected chi connectivity index (χ1v) is 9.42. The van der Waals surface area contributed by atoms with E-state index in [1.165, 1.54) is 12.1 Å². The lowest BCUT2D eigenvalue weighted by molar-refractivity contribution is 0.174. The van der Waals surface area contributed by atoms with Crippen LogP contribution in [-0.2, 0) is 16.6 Å². The Bertz CT molecular complexity index is 1170. The number of aromatic nitrogens is 1. The number of hydrogen-bond acceptors (Lipinski definition) is 5. The van der Waals surface area contributed by atoms with E-state index < -0.39 is 10.0 Å². The minimum Gasteiger partial charge on any atom is -0.454 e. The molecule has 0 aliphatic carbocycles. The van der Waals surface area contributed by atoms with E-state index in [0.717, 1.165) is 16.5 Å². The number of rotatable bonds is 4. The molecule has 26 heavy (non-hydrogen) atoms. The average Bonchev–Trinajstić information content (AvgIpc) is 3.07. The molecule has 7 nitrogen and oxygen atoms in total. The van der Waals surface area contributed by atoms with Gasteiger partial charge in [-0.3, -0.25) is 4.79 Å². The van der Waals surface area contributed by atoms with Crippen LogP contribution in [-0.4, -0.2) is 20.2 Å². The highest BCUT2D eigenvalue weighted by molar-refractivity contribution is 7.89. The second kappa shape index (κ2) is 6.15. The lowest BCUT2D eigenvalue weighted by Gasteiger charge is -2.08. The molecule has 0 amide bonds. The molecule has 0 fully saturated rings. The van der Waals surface area contributed by atoms with Crippen molar-refractivity contribution in [3.05, 3.63) is 63.9 Å². The van der Waals surface area contributed by atoms with Gasteiger partial charge in [0.05, 0.1) is 4.90 Å². The highest BCUT2D eigenvalue weighted by Crippen LogP contribution is 2.33. The molecule has 2 N–H and O–H groups in total.